The van der Waals surface area contributed by atoms with Crippen LogP contribution in [0, 0.1) is 0 Å². The van der Waals surface area contributed by atoms with Crippen molar-refractivity contribution in [1.82, 2.24) is 0 Å². The fourth-order valence-corrected chi connectivity index (χ4v) is 26.8. The van der Waals surface area contributed by atoms with Crippen LogP contribution < -0.4 is 0 Å². The van der Waals surface area contributed by atoms with Crippen molar-refractivity contribution in [3.8, 4) is 0 Å². The molecule has 0 saturated carbocycles. The second kappa shape index (κ2) is 5.04. The van der Waals surface area contributed by atoms with E-state index in [2.05, 4.69) is 55.4 Å². The molecular formula is C12H28Sn. The predicted molar refractivity (Wildman–Crippen MR) is 66.1 cm³/mol. The third-order valence-corrected chi connectivity index (χ3v) is 26.8. The second-order valence-corrected chi connectivity index (χ2v) is 24.5. The van der Waals surface area contributed by atoms with Crippen LogP contribution in [0.15, 0.2) is 0 Å². The van der Waals surface area contributed by atoms with Gasteiger partial charge in [-0.1, -0.05) is 0 Å². The second-order valence-electron chi connectivity index (χ2n) is 5.62. The summed E-state index contributed by atoms with van der Waals surface area (Å²) in [5, 5.41) is 0. The van der Waals surface area contributed by atoms with Crippen molar-refractivity contribution < 1.29 is 0 Å². The van der Waals surface area contributed by atoms with Gasteiger partial charge in [0.15, 0.2) is 0 Å². The molecule has 0 rings (SSSR count). The summed E-state index contributed by atoms with van der Waals surface area (Å²) in [6, 6.07) is 0. The summed E-state index contributed by atoms with van der Waals surface area (Å²) in [4.78, 5) is 0. The van der Waals surface area contributed by atoms with Crippen molar-refractivity contribution >= 4 is 18.4 Å². The quantitative estimate of drug-likeness (QED) is 0.634. The number of rotatable bonds is 4. The van der Waals surface area contributed by atoms with Crippen molar-refractivity contribution in [3.63, 3.8) is 0 Å². The van der Waals surface area contributed by atoms with E-state index < -0.39 is 18.4 Å². The van der Waals surface area contributed by atoms with Crippen LogP contribution >= 0.6 is 0 Å². The first-order valence-corrected chi connectivity index (χ1v) is 12.4. The predicted octanol–water partition coefficient (Wildman–Crippen LogP) is 5.08. The van der Waals surface area contributed by atoms with Crippen molar-refractivity contribution in [2.45, 2.75) is 71.1 Å². The van der Waals surface area contributed by atoms with E-state index in [0.29, 0.717) is 0 Å². The van der Waals surface area contributed by atoms with Gasteiger partial charge >= 0.3 is 89.5 Å². The maximum absolute atomic E-state index is 2.47. The van der Waals surface area contributed by atoms with Crippen LogP contribution in [0.25, 0.3) is 0 Å². The first kappa shape index (κ1) is 13.8. The summed E-state index contributed by atoms with van der Waals surface area (Å²) in [5.41, 5.74) is 0. The molecule has 0 atom stereocenters. The van der Waals surface area contributed by atoms with Crippen LogP contribution in [0.2, 0.25) is 15.7 Å². The van der Waals surface area contributed by atoms with Gasteiger partial charge < -0.3 is 0 Å². The first-order chi connectivity index (χ1) is 5.77. The average Bonchev–Trinajstić information content (AvgIpc) is 1.82. The topological polar surface area (TPSA) is 0 Å². The van der Waals surface area contributed by atoms with Gasteiger partial charge in [-0.2, -0.15) is 0 Å². The molecule has 80 valence electrons. The molecule has 0 radical (unpaired) electrons. The Labute approximate surface area is 89.4 Å². The summed E-state index contributed by atoms with van der Waals surface area (Å²) in [7, 11) is 0. The van der Waals surface area contributed by atoms with Crippen LogP contribution in [0.4, 0.5) is 0 Å². The fraction of sp³-hybridized carbons (Fsp3) is 1.00. The summed E-state index contributed by atoms with van der Waals surface area (Å²) < 4.78 is 3.92. The Kier molecular flexibility index (Phi) is 5.35. The van der Waals surface area contributed by atoms with E-state index >= 15 is 0 Å². The van der Waals surface area contributed by atoms with Crippen molar-refractivity contribution in [2.24, 2.45) is 0 Å². The van der Waals surface area contributed by atoms with E-state index in [1.807, 2.05) is 0 Å². The molecule has 0 aliphatic rings. The van der Waals surface area contributed by atoms with Gasteiger partial charge in [0.1, 0.15) is 0 Å². The molecule has 0 bridgehead atoms. The third kappa shape index (κ3) is 2.43. The molecule has 0 aliphatic carbocycles. The van der Waals surface area contributed by atoms with E-state index in [9.17, 15) is 0 Å². The van der Waals surface area contributed by atoms with Crippen LogP contribution in [0.1, 0.15) is 55.4 Å². The molecule has 0 aromatic rings. The Morgan fingerprint density at radius 1 is 0.462 bits per heavy atom. The van der Waals surface area contributed by atoms with E-state index in [4.69, 9.17) is 0 Å². The molecule has 1 heteroatoms. The van der Waals surface area contributed by atoms with Crippen LogP contribution in [-0.4, -0.2) is 18.4 Å². The molecule has 0 amide bonds. The molecule has 0 heterocycles. The molecule has 0 fully saturated rings. The Balaban J connectivity index is 5.06. The molecule has 0 aromatic heterocycles. The molecule has 0 nitrogen and oxygen atoms in total. The zero-order valence-electron chi connectivity index (χ0n) is 10.8. The van der Waals surface area contributed by atoms with Crippen LogP contribution in [-0.2, 0) is 0 Å². The molecule has 0 spiro atoms. The van der Waals surface area contributed by atoms with E-state index in [1.165, 1.54) is 0 Å². The minimum absolute atomic E-state index is 0.981. The normalized spacial score (nSPS) is 13.8. The molecule has 13 heavy (non-hydrogen) atoms. The zero-order valence-corrected chi connectivity index (χ0v) is 13.7. The van der Waals surface area contributed by atoms with Gasteiger partial charge in [0, 0.05) is 0 Å². The van der Waals surface area contributed by atoms with Gasteiger partial charge in [-0.3, -0.25) is 0 Å². The monoisotopic (exact) mass is 292 g/mol. The van der Waals surface area contributed by atoms with Crippen LogP contribution in [0.3, 0.4) is 0 Å². The van der Waals surface area contributed by atoms with Gasteiger partial charge in [-0.05, 0) is 0 Å². The van der Waals surface area contributed by atoms with Gasteiger partial charge in [0.2, 0.25) is 0 Å². The summed E-state index contributed by atoms with van der Waals surface area (Å²) in [5.74, 6) is 0. The first-order valence-electron chi connectivity index (χ1n) is 5.77. The SMILES string of the molecule is C[CH](C)[Sn]([CH](C)C)([CH](C)C)[CH](C)C. The standard InChI is InChI=1S/4C3H7.Sn/c4*1-3-2;/h4*3H,1-2H3;. The number of hydrogen-bond donors (Lipinski definition) is 0. The Morgan fingerprint density at radius 2 is 0.615 bits per heavy atom. The zero-order chi connectivity index (χ0) is 10.8. The Morgan fingerprint density at radius 3 is 0.615 bits per heavy atom. The summed E-state index contributed by atoms with van der Waals surface area (Å²) in [6.07, 6.45) is 0. The Bertz CT molecular complexity index is 108. The van der Waals surface area contributed by atoms with E-state index in [0.717, 1.165) is 15.7 Å². The van der Waals surface area contributed by atoms with Crippen LogP contribution in [0.5, 0.6) is 0 Å². The van der Waals surface area contributed by atoms with Gasteiger partial charge in [-0.25, -0.2) is 0 Å². The van der Waals surface area contributed by atoms with Crippen molar-refractivity contribution in [2.75, 3.05) is 0 Å². The minimum atomic E-state index is -1.93. The van der Waals surface area contributed by atoms with E-state index in [-0.39, 0.29) is 0 Å². The Hall–Kier alpha value is 0.799. The van der Waals surface area contributed by atoms with Crippen molar-refractivity contribution in [1.29, 1.82) is 0 Å². The van der Waals surface area contributed by atoms with Gasteiger partial charge in [0.25, 0.3) is 0 Å². The molecule has 0 aromatic carbocycles. The van der Waals surface area contributed by atoms with E-state index in [1.54, 1.807) is 0 Å². The van der Waals surface area contributed by atoms with Gasteiger partial charge in [-0.15, -0.1) is 0 Å². The molecule has 0 aliphatic heterocycles. The van der Waals surface area contributed by atoms with Gasteiger partial charge in [0.05, 0.1) is 0 Å². The average molecular weight is 291 g/mol. The fourth-order valence-electron chi connectivity index (χ4n) is 4.00. The molecule has 0 N–H and O–H groups in total. The third-order valence-electron chi connectivity index (χ3n) is 4.00. The molecular weight excluding hydrogens is 263 g/mol. The molecule has 0 unspecified atom stereocenters. The van der Waals surface area contributed by atoms with Crippen molar-refractivity contribution in [3.05, 3.63) is 0 Å². The number of hydrogen-bond acceptors (Lipinski definition) is 0. The maximum atomic E-state index is 2.47. The summed E-state index contributed by atoms with van der Waals surface area (Å²) >= 11 is -1.93. The molecule has 0 saturated heterocycles. The summed E-state index contributed by atoms with van der Waals surface area (Å²) in [6.45, 7) is 19.7.